The first kappa shape index (κ1) is 10.5. The minimum Gasteiger partial charge on any atom is -0.283 e. The van der Waals surface area contributed by atoms with E-state index in [-0.39, 0.29) is 0 Å². The molecule has 1 aromatic carbocycles. The molecule has 0 spiro atoms. The van der Waals surface area contributed by atoms with Crippen molar-refractivity contribution in [2.45, 2.75) is 6.92 Å². The first-order valence-corrected chi connectivity index (χ1v) is 5.59. The van der Waals surface area contributed by atoms with E-state index in [0.717, 1.165) is 16.6 Å². The summed E-state index contributed by atoms with van der Waals surface area (Å²) in [5, 5.41) is 9.94. The number of rotatable bonds is 1. The Morgan fingerprint density at radius 1 is 1.17 bits per heavy atom. The van der Waals surface area contributed by atoms with Crippen molar-refractivity contribution in [3.8, 4) is 12.0 Å². The standard InChI is InChI=1S/C14H10N4/c1-10-7-12-8-11(9-15)3-4-13(12)18(10)14-16-5-2-6-17-14/h2-8H,1H3. The minimum absolute atomic E-state index is 0.648. The molecule has 0 aliphatic heterocycles. The molecule has 4 nitrogen and oxygen atoms in total. The number of hydrogen-bond acceptors (Lipinski definition) is 3. The van der Waals surface area contributed by atoms with Gasteiger partial charge < -0.3 is 0 Å². The Balaban J connectivity index is 2.31. The zero-order valence-electron chi connectivity index (χ0n) is 9.83. The summed E-state index contributed by atoms with van der Waals surface area (Å²) in [4.78, 5) is 8.52. The largest absolute Gasteiger partial charge is 0.283 e. The van der Waals surface area contributed by atoms with Crippen LogP contribution in [0, 0.1) is 18.3 Å². The maximum Gasteiger partial charge on any atom is 0.234 e. The van der Waals surface area contributed by atoms with E-state index in [1.165, 1.54) is 0 Å². The molecule has 2 heterocycles. The third-order valence-corrected chi connectivity index (χ3v) is 2.87. The molecule has 0 N–H and O–H groups in total. The Morgan fingerprint density at radius 2 is 1.94 bits per heavy atom. The summed E-state index contributed by atoms with van der Waals surface area (Å²) in [7, 11) is 0. The highest BCUT2D eigenvalue weighted by Crippen LogP contribution is 2.23. The smallest absolute Gasteiger partial charge is 0.234 e. The average Bonchev–Trinajstić information content (AvgIpc) is 2.74. The highest BCUT2D eigenvalue weighted by molar-refractivity contribution is 5.84. The first-order valence-electron chi connectivity index (χ1n) is 5.59. The predicted octanol–water partition coefficient (Wildman–Crippen LogP) is 2.60. The molecule has 3 aromatic rings. The van der Waals surface area contributed by atoms with Crippen LogP contribution in [0.15, 0.2) is 42.7 Å². The van der Waals surface area contributed by atoms with Gasteiger partial charge in [-0.2, -0.15) is 5.26 Å². The van der Waals surface area contributed by atoms with Gasteiger partial charge >= 0.3 is 0 Å². The maximum absolute atomic E-state index is 8.91. The van der Waals surface area contributed by atoms with Crippen LogP contribution in [0.25, 0.3) is 16.9 Å². The van der Waals surface area contributed by atoms with E-state index in [2.05, 4.69) is 16.0 Å². The Morgan fingerprint density at radius 3 is 2.67 bits per heavy atom. The second kappa shape index (κ2) is 3.97. The highest BCUT2D eigenvalue weighted by atomic mass is 15.1. The zero-order chi connectivity index (χ0) is 12.5. The van der Waals surface area contributed by atoms with Gasteiger partial charge in [0.15, 0.2) is 0 Å². The van der Waals surface area contributed by atoms with Crippen LogP contribution < -0.4 is 0 Å². The molecule has 0 bridgehead atoms. The molecule has 0 fully saturated rings. The molecule has 4 heteroatoms. The second-order valence-electron chi connectivity index (χ2n) is 4.06. The number of nitrogens with zero attached hydrogens (tertiary/aromatic N) is 4. The predicted molar refractivity (Wildman–Crippen MR) is 68.3 cm³/mol. The van der Waals surface area contributed by atoms with Gasteiger partial charge in [-0.05, 0) is 37.3 Å². The van der Waals surface area contributed by atoms with Crippen molar-refractivity contribution in [3.63, 3.8) is 0 Å². The quantitative estimate of drug-likeness (QED) is 0.650. The fraction of sp³-hybridized carbons (Fsp3) is 0.0714. The SMILES string of the molecule is Cc1cc2cc(C#N)ccc2n1-c1ncccn1. The second-order valence-corrected chi connectivity index (χ2v) is 4.06. The van der Waals surface area contributed by atoms with E-state index in [1.807, 2.05) is 29.7 Å². The van der Waals surface area contributed by atoms with Gasteiger partial charge in [0.05, 0.1) is 17.1 Å². The van der Waals surface area contributed by atoms with Crippen molar-refractivity contribution in [2.75, 3.05) is 0 Å². The Labute approximate surface area is 104 Å². The van der Waals surface area contributed by atoms with Crippen molar-refractivity contribution < 1.29 is 0 Å². The molecule has 0 atom stereocenters. The lowest BCUT2D eigenvalue weighted by Gasteiger charge is -2.05. The van der Waals surface area contributed by atoms with Crippen molar-refractivity contribution in [2.24, 2.45) is 0 Å². The Kier molecular flexibility index (Phi) is 2.31. The first-order chi connectivity index (χ1) is 8.79. The van der Waals surface area contributed by atoms with Gasteiger partial charge in [0.1, 0.15) is 0 Å². The molecular weight excluding hydrogens is 224 g/mol. The summed E-state index contributed by atoms with van der Waals surface area (Å²) >= 11 is 0. The molecule has 0 amide bonds. The summed E-state index contributed by atoms with van der Waals surface area (Å²) in [6, 6.07) is 11.6. The monoisotopic (exact) mass is 234 g/mol. The van der Waals surface area contributed by atoms with E-state index >= 15 is 0 Å². The van der Waals surface area contributed by atoms with Crippen LogP contribution in [-0.2, 0) is 0 Å². The molecule has 0 saturated carbocycles. The zero-order valence-corrected chi connectivity index (χ0v) is 9.83. The van der Waals surface area contributed by atoms with Crippen LogP contribution in [0.5, 0.6) is 0 Å². The van der Waals surface area contributed by atoms with E-state index in [4.69, 9.17) is 5.26 Å². The van der Waals surface area contributed by atoms with Crippen LogP contribution in [-0.4, -0.2) is 14.5 Å². The summed E-state index contributed by atoms with van der Waals surface area (Å²) in [6.45, 7) is 2.00. The van der Waals surface area contributed by atoms with Crippen LogP contribution in [0.2, 0.25) is 0 Å². The average molecular weight is 234 g/mol. The normalized spacial score (nSPS) is 10.4. The van der Waals surface area contributed by atoms with Crippen LogP contribution in [0.3, 0.4) is 0 Å². The van der Waals surface area contributed by atoms with Gasteiger partial charge in [0, 0.05) is 23.5 Å². The molecule has 0 aliphatic rings. The number of aromatic nitrogens is 3. The molecule has 2 aromatic heterocycles. The number of nitriles is 1. The van der Waals surface area contributed by atoms with Crippen LogP contribution in [0.4, 0.5) is 0 Å². The number of benzene rings is 1. The summed E-state index contributed by atoms with van der Waals surface area (Å²) in [5.41, 5.74) is 2.72. The number of hydrogen-bond donors (Lipinski definition) is 0. The van der Waals surface area contributed by atoms with Gasteiger partial charge in [0.25, 0.3) is 0 Å². The van der Waals surface area contributed by atoms with Gasteiger partial charge in [-0.3, -0.25) is 4.57 Å². The summed E-state index contributed by atoms with van der Waals surface area (Å²) < 4.78 is 1.98. The Bertz CT molecular complexity index is 751. The molecule has 18 heavy (non-hydrogen) atoms. The number of aryl methyl sites for hydroxylation is 1. The third kappa shape index (κ3) is 1.54. The lowest BCUT2D eigenvalue weighted by Crippen LogP contribution is -2.01. The Hall–Kier alpha value is -2.67. The molecule has 0 aliphatic carbocycles. The third-order valence-electron chi connectivity index (χ3n) is 2.87. The van der Waals surface area contributed by atoms with E-state index in [1.54, 1.807) is 24.5 Å². The van der Waals surface area contributed by atoms with E-state index in [9.17, 15) is 0 Å². The molecule has 3 rings (SSSR count). The summed E-state index contributed by atoms with van der Waals surface area (Å²) in [6.07, 6.45) is 3.44. The van der Waals surface area contributed by atoms with Gasteiger partial charge in [-0.25, -0.2) is 9.97 Å². The van der Waals surface area contributed by atoms with Gasteiger partial charge in [0.2, 0.25) is 5.95 Å². The van der Waals surface area contributed by atoms with Gasteiger partial charge in [-0.1, -0.05) is 0 Å². The van der Waals surface area contributed by atoms with Crippen molar-refractivity contribution in [1.29, 1.82) is 5.26 Å². The fourth-order valence-corrected chi connectivity index (χ4v) is 2.10. The van der Waals surface area contributed by atoms with Crippen molar-refractivity contribution >= 4 is 10.9 Å². The lowest BCUT2D eigenvalue weighted by molar-refractivity contribution is 0.928. The molecule has 0 radical (unpaired) electrons. The minimum atomic E-state index is 0.648. The van der Waals surface area contributed by atoms with E-state index in [0.29, 0.717) is 11.5 Å². The molecule has 86 valence electrons. The number of fused-ring (bicyclic) bond motifs is 1. The molecule has 0 saturated heterocycles. The van der Waals surface area contributed by atoms with E-state index < -0.39 is 0 Å². The summed E-state index contributed by atoms with van der Waals surface area (Å²) in [5.74, 6) is 0.648. The highest BCUT2D eigenvalue weighted by Gasteiger charge is 2.09. The van der Waals surface area contributed by atoms with Crippen molar-refractivity contribution in [3.05, 3.63) is 54.0 Å². The van der Waals surface area contributed by atoms with Gasteiger partial charge in [-0.15, -0.1) is 0 Å². The van der Waals surface area contributed by atoms with Crippen LogP contribution >= 0.6 is 0 Å². The topological polar surface area (TPSA) is 54.5 Å². The van der Waals surface area contributed by atoms with Crippen LogP contribution in [0.1, 0.15) is 11.3 Å². The molecular formula is C14H10N4. The van der Waals surface area contributed by atoms with Crippen molar-refractivity contribution in [1.82, 2.24) is 14.5 Å². The maximum atomic E-state index is 8.91. The lowest BCUT2D eigenvalue weighted by atomic mass is 10.2. The molecule has 0 unspecified atom stereocenters. The fourth-order valence-electron chi connectivity index (χ4n) is 2.10.